The van der Waals surface area contributed by atoms with E-state index in [4.69, 9.17) is 10.6 Å². The molecule has 0 amide bonds. The van der Waals surface area contributed by atoms with Crippen molar-refractivity contribution in [2.24, 2.45) is 11.8 Å². The molecule has 1 saturated heterocycles. The Morgan fingerprint density at radius 2 is 2.56 bits per heavy atom. The van der Waals surface area contributed by atoms with Gasteiger partial charge in [0.25, 0.3) is 0 Å². The Balaban J connectivity index is 1.95. The molecule has 3 nitrogen and oxygen atoms in total. The molecule has 2 rings (SSSR count). The summed E-state index contributed by atoms with van der Waals surface area (Å²) < 4.78 is 6.74. The minimum atomic E-state index is 0.315. The number of hydrazine groups is 1. The summed E-state index contributed by atoms with van der Waals surface area (Å²) in [4.78, 5) is 1.36. The molecular weight excluding hydrogens is 288 g/mol. The summed E-state index contributed by atoms with van der Waals surface area (Å²) in [6, 6.07) is 2.48. The molecular formula is C11H17BrN2OS. The largest absolute Gasteiger partial charge is 0.378 e. The summed E-state index contributed by atoms with van der Waals surface area (Å²) in [6.07, 6.45) is 2.45. The van der Waals surface area contributed by atoms with Crippen molar-refractivity contribution in [1.29, 1.82) is 0 Å². The number of ether oxygens (including phenoxy) is 1. The van der Waals surface area contributed by atoms with Gasteiger partial charge in [0.1, 0.15) is 0 Å². The van der Waals surface area contributed by atoms with Crippen LogP contribution in [0.15, 0.2) is 15.9 Å². The maximum absolute atomic E-state index is 5.64. The molecule has 3 unspecified atom stereocenters. The van der Waals surface area contributed by atoms with Crippen molar-refractivity contribution < 1.29 is 4.74 Å². The molecule has 1 aliphatic rings. The van der Waals surface area contributed by atoms with Gasteiger partial charge >= 0.3 is 0 Å². The number of hydrogen-bond acceptors (Lipinski definition) is 4. The van der Waals surface area contributed by atoms with Crippen LogP contribution < -0.4 is 11.3 Å². The average molecular weight is 305 g/mol. The average Bonchev–Trinajstić information content (AvgIpc) is 2.84. The van der Waals surface area contributed by atoms with E-state index < -0.39 is 0 Å². The van der Waals surface area contributed by atoms with Crippen molar-refractivity contribution in [2.45, 2.75) is 31.9 Å². The molecule has 0 aliphatic carbocycles. The SMILES string of the molecule is CC1CC(C(Cc2cc(Br)cs2)NN)CO1. The number of nitrogens with two attached hydrogens (primary N) is 1. The zero-order valence-electron chi connectivity index (χ0n) is 9.28. The third-order valence-corrected chi connectivity index (χ3v) is 4.78. The molecule has 3 atom stereocenters. The molecule has 0 bridgehead atoms. The highest BCUT2D eigenvalue weighted by Gasteiger charge is 2.29. The van der Waals surface area contributed by atoms with Gasteiger partial charge in [-0.2, -0.15) is 0 Å². The van der Waals surface area contributed by atoms with Gasteiger partial charge in [-0.25, -0.2) is 0 Å². The zero-order chi connectivity index (χ0) is 11.5. The Labute approximate surface area is 108 Å². The number of nitrogens with one attached hydrogen (secondary N) is 1. The fourth-order valence-electron chi connectivity index (χ4n) is 2.17. The maximum Gasteiger partial charge on any atom is 0.0551 e. The van der Waals surface area contributed by atoms with E-state index in [1.54, 1.807) is 11.3 Å². The van der Waals surface area contributed by atoms with Gasteiger partial charge in [-0.3, -0.25) is 11.3 Å². The monoisotopic (exact) mass is 304 g/mol. The van der Waals surface area contributed by atoms with Gasteiger partial charge in [0.2, 0.25) is 0 Å². The smallest absolute Gasteiger partial charge is 0.0551 e. The first-order chi connectivity index (χ1) is 7.69. The number of hydrogen-bond donors (Lipinski definition) is 2. The van der Waals surface area contributed by atoms with E-state index in [9.17, 15) is 0 Å². The lowest BCUT2D eigenvalue weighted by Crippen LogP contribution is -2.42. The Morgan fingerprint density at radius 3 is 3.06 bits per heavy atom. The van der Waals surface area contributed by atoms with Crippen LogP contribution in [0, 0.1) is 5.92 Å². The molecule has 1 aliphatic heterocycles. The number of thiophene rings is 1. The van der Waals surface area contributed by atoms with Crippen molar-refractivity contribution >= 4 is 27.3 Å². The van der Waals surface area contributed by atoms with Crippen molar-refractivity contribution in [3.05, 3.63) is 20.8 Å². The molecule has 0 saturated carbocycles. The first-order valence-corrected chi connectivity index (χ1v) is 7.17. The van der Waals surface area contributed by atoms with Crippen LogP contribution >= 0.6 is 27.3 Å². The zero-order valence-corrected chi connectivity index (χ0v) is 11.7. The first-order valence-electron chi connectivity index (χ1n) is 5.49. The van der Waals surface area contributed by atoms with Crippen molar-refractivity contribution in [3.63, 3.8) is 0 Å². The Morgan fingerprint density at radius 1 is 1.75 bits per heavy atom. The molecule has 3 N–H and O–H groups in total. The predicted octanol–water partition coefficient (Wildman–Crippen LogP) is 2.31. The molecule has 0 aromatic carbocycles. The molecule has 5 heteroatoms. The summed E-state index contributed by atoms with van der Waals surface area (Å²) in [5.74, 6) is 6.17. The van der Waals surface area contributed by atoms with E-state index in [-0.39, 0.29) is 0 Å². The molecule has 0 radical (unpaired) electrons. The van der Waals surface area contributed by atoms with E-state index in [0.717, 1.165) is 23.9 Å². The second-order valence-corrected chi connectivity index (χ2v) is 6.26. The predicted molar refractivity (Wildman–Crippen MR) is 70.4 cm³/mol. The minimum Gasteiger partial charge on any atom is -0.378 e. The lowest BCUT2D eigenvalue weighted by molar-refractivity contribution is 0.117. The van der Waals surface area contributed by atoms with Gasteiger partial charge in [-0.15, -0.1) is 11.3 Å². The topological polar surface area (TPSA) is 47.3 Å². The summed E-state index contributed by atoms with van der Waals surface area (Å²) in [6.45, 7) is 2.94. The summed E-state index contributed by atoms with van der Waals surface area (Å²) in [7, 11) is 0. The van der Waals surface area contributed by atoms with Gasteiger partial charge in [0.15, 0.2) is 0 Å². The second kappa shape index (κ2) is 5.60. The lowest BCUT2D eigenvalue weighted by Gasteiger charge is -2.20. The van der Waals surface area contributed by atoms with E-state index in [0.29, 0.717) is 18.1 Å². The van der Waals surface area contributed by atoms with E-state index in [2.05, 4.69) is 39.7 Å². The number of rotatable bonds is 4. The van der Waals surface area contributed by atoms with Crippen LogP contribution in [-0.4, -0.2) is 18.8 Å². The van der Waals surface area contributed by atoms with Crippen LogP contribution in [0.4, 0.5) is 0 Å². The Bertz CT molecular complexity index is 344. The third kappa shape index (κ3) is 3.05. The first kappa shape index (κ1) is 12.5. The molecule has 1 aromatic rings. The minimum absolute atomic E-state index is 0.315. The van der Waals surface area contributed by atoms with Crippen LogP contribution in [0.25, 0.3) is 0 Å². The highest BCUT2D eigenvalue weighted by molar-refractivity contribution is 9.10. The normalized spacial score (nSPS) is 27.2. The van der Waals surface area contributed by atoms with Crippen molar-refractivity contribution in [3.8, 4) is 0 Å². The van der Waals surface area contributed by atoms with Gasteiger partial charge in [0, 0.05) is 26.7 Å². The van der Waals surface area contributed by atoms with Crippen molar-refractivity contribution in [2.75, 3.05) is 6.61 Å². The molecule has 2 heterocycles. The Hall–Kier alpha value is 0.0600. The number of halogens is 1. The summed E-state index contributed by atoms with van der Waals surface area (Å²) >= 11 is 5.24. The highest BCUT2D eigenvalue weighted by atomic mass is 79.9. The fourth-order valence-corrected chi connectivity index (χ4v) is 3.68. The highest BCUT2D eigenvalue weighted by Crippen LogP contribution is 2.27. The molecule has 1 aromatic heterocycles. The molecule has 1 fully saturated rings. The van der Waals surface area contributed by atoms with E-state index in [1.165, 1.54) is 4.88 Å². The molecule has 90 valence electrons. The van der Waals surface area contributed by atoms with Crippen LogP contribution in [0.5, 0.6) is 0 Å². The lowest BCUT2D eigenvalue weighted by atomic mass is 9.94. The quantitative estimate of drug-likeness (QED) is 0.663. The van der Waals surface area contributed by atoms with Gasteiger partial charge < -0.3 is 4.74 Å². The third-order valence-electron chi connectivity index (χ3n) is 3.06. The van der Waals surface area contributed by atoms with E-state index >= 15 is 0 Å². The van der Waals surface area contributed by atoms with Crippen LogP contribution in [0.3, 0.4) is 0 Å². The van der Waals surface area contributed by atoms with Crippen LogP contribution in [0.1, 0.15) is 18.2 Å². The van der Waals surface area contributed by atoms with Gasteiger partial charge in [0.05, 0.1) is 12.7 Å². The fraction of sp³-hybridized carbons (Fsp3) is 0.636. The summed E-state index contributed by atoms with van der Waals surface area (Å²) in [5, 5.41) is 2.11. The molecule has 16 heavy (non-hydrogen) atoms. The van der Waals surface area contributed by atoms with Crippen LogP contribution in [-0.2, 0) is 11.2 Å². The second-order valence-electron chi connectivity index (χ2n) is 4.35. The molecule has 0 spiro atoms. The van der Waals surface area contributed by atoms with E-state index in [1.807, 2.05) is 0 Å². The Kier molecular flexibility index (Phi) is 4.38. The van der Waals surface area contributed by atoms with Crippen molar-refractivity contribution in [1.82, 2.24) is 5.43 Å². The van der Waals surface area contributed by atoms with Gasteiger partial charge in [-0.1, -0.05) is 0 Å². The standard InChI is InChI=1S/C11H17BrN2OS/c1-7-2-8(5-15-7)11(14-13)4-10-3-9(12)6-16-10/h3,6-8,11,14H,2,4-5,13H2,1H3. The maximum atomic E-state index is 5.64. The summed E-state index contributed by atoms with van der Waals surface area (Å²) in [5.41, 5.74) is 2.93. The van der Waals surface area contributed by atoms with Gasteiger partial charge in [-0.05, 0) is 41.8 Å². The van der Waals surface area contributed by atoms with Crippen LogP contribution in [0.2, 0.25) is 0 Å².